The van der Waals surface area contributed by atoms with Crippen LogP contribution in [0.3, 0.4) is 0 Å². The molecule has 0 saturated carbocycles. The summed E-state index contributed by atoms with van der Waals surface area (Å²) in [7, 11) is 1.04. The summed E-state index contributed by atoms with van der Waals surface area (Å²) in [6.07, 6.45) is 0. The normalized spacial score (nSPS) is 11.5. The lowest BCUT2D eigenvalue weighted by atomic mass is 10.2. The van der Waals surface area contributed by atoms with Gasteiger partial charge in [0.15, 0.2) is 11.5 Å². The molecule has 0 aliphatic heterocycles. The zero-order valence-corrected chi connectivity index (χ0v) is 14.5. The van der Waals surface area contributed by atoms with Crippen LogP contribution in [0.1, 0.15) is 19.4 Å². The van der Waals surface area contributed by atoms with Crippen molar-refractivity contribution in [3.8, 4) is 17.2 Å². The molecule has 0 aliphatic rings. The van der Waals surface area contributed by atoms with Crippen molar-refractivity contribution in [2.75, 3.05) is 34.4 Å². The Bertz CT molecular complexity index is 560. The molecule has 0 radical (unpaired) electrons. The Morgan fingerprint density at radius 2 is 1.50 bits per heavy atom. The third-order valence-electron chi connectivity index (χ3n) is 3.23. The van der Waals surface area contributed by atoms with Crippen molar-refractivity contribution in [1.29, 1.82) is 0 Å². The fraction of sp³-hybridized carbons (Fsp3) is 0.571. The summed E-state index contributed by atoms with van der Waals surface area (Å²) in [5.41, 5.74) is 0.713. The second kappa shape index (κ2) is 8.21. The molecule has 0 fully saturated rings. The van der Waals surface area contributed by atoms with Crippen LogP contribution in [0.25, 0.3) is 0 Å². The van der Waals surface area contributed by atoms with Crippen LogP contribution in [-0.2, 0) is 16.8 Å². The molecule has 1 N–H and O–H groups in total. The summed E-state index contributed by atoms with van der Waals surface area (Å²) in [4.78, 5) is 0. The summed E-state index contributed by atoms with van der Waals surface area (Å²) < 4.78 is 43.9. The molecule has 0 heterocycles. The maximum absolute atomic E-state index is 12.1. The molecule has 22 heavy (non-hydrogen) atoms. The lowest BCUT2D eigenvalue weighted by Gasteiger charge is -2.19. The van der Waals surface area contributed by atoms with Gasteiger partial charge >= 0.3 is 0 Å². The van der Waals surface area contributed by atoms with Gasteiger partial charge in [0.25, 0.3) is 10.2 Å². The van der Waals surface area contributed by atoms with Gasteiger partial charge in [-0.3, -0.25) is 0 Å². The molecule has 0 atom stereocenters. The fourth-order valence-electron chi connectivity index (χ4n) is 2.07. The second-order valence-corrected chi connectivity index (χ2v) is 6.20. The van der Waals surface area contributed by atoms with Gasteiger partial charge in [0.2, 0.25) is 5.75 Å². The van der Waals surface area contributed by atoms with Gasteiger partial charge in [0.05, 0.1) is 21.3 Å². The summed E-state index contributed by atoms with van der Waals surface area (Å²) in [6, 6.07) is 3.43. The van der Waals surface area contributed by atoms with E-state index in [9.17, 15) is 8.42 Å². The van der Waals surface area contributed by atoms with Gasteiger partial charge in [-0.2, -0.15) is 17.4 Å². The van der Waals surface area contributed by atoms with Gasteiger partial charge in [-0.25, -0.2) is 0 Å². The molecular weight excluding hydrogens is 308 g/mol. The van der Waals surface area contributed by atoms with Crippen LogP contribution in [0.15, 0.2) is 12.1 Å². The molecule has 1 aromatic rings. The van der Waals surface area contributed by atoms with Crippen LogP contribution in [0.5, 0.6) is 17.2 Å². The van der Waals surface area contributed by atoms with Crippen LogP contribution >= 0.6 is 0 Å². The third kappa shape index (κ3) is 4.25. The Morgan fingerprint density at radius 1 is 1.00 bits per heavy atom. The number of rotatable bonds is 9. The van der Waals surface area contributed by atoms with Crippen molar-refractivity contribution in [2.45, 2.75) is 20.4 Å². The highest BCUT2D eigenvalue weighted by molar-refractivity contribution is 7.87. The van der Waals surface area contributed by atoms with Gasteiger partial charge in [-0.1, -0.05) is 13.8 Å². The second-order valence-electron chi connectivity index (χ2n) is 4.44. The number of methoxy groups -OCH3 is 3. The molecule has 0 saturated heterocycles. The zero-order valence-electron chi connectivity index (χ0n) is 13.7. The summed E-state index contributed by atoms with van der Waals surface area (Å²) in [6.45, 7) is 4.56. The number of ether oxygens (including phenoxy) is 3. The van der Waals surface area contributed by atoms with Gasteiger partial charge < -0.3 is 14.2 Å². The summed E-state index contributed by atoms with van der Waals surface area (Å²) in [5.74, 6) is 1.44. The molecule has 7 nitrogen and oxygen atoms in total. The van der Waals surface area contributed by atoms with Crippen LogP contribution in [0, 0.1) is 0 Å². The first-order valence-electron chi connectivity index (χ1n) is 6.97. The Morgan fingerprint density at radius 3 is 1.86 bits per heavy atom. The fourth-order valence-corrected chi connectivity index (χ4v) is 3.28. The molecule has 1 rings (SSSR count). The lowest BCUT2D eigenvalue weighted by Crippen LogP contribution is -2.40. The first kappa shape index (κ1) is 18.5. The van der Waals surface area contributed by atoms with E-state index in [2.05, 4.69) is 4.72 Å². The number of nitrogens with one attached hydrogen (secondary N) is 1. The van der Waals surface area contributed by atoms with Gasteiger partial charge in [-0.15, -0.1) is 0 Å². The van der Waals surface area contributed by atoms with Crippen molar-refractivity contribution < 1.29 is 22.6 Å². The van der Waals surface area contributed by atoms with E-state index in [0.29, 0.717) is 35.9 Å². The quantitative estimate of drug-likeness (QED) is 0.739. The van der Waals surface area contributed by atoms with Crippen LogP contribution in [-0.4, -0.2) is 47.1 Å². The smallest absolute Gasteiger partial charge is 0.279 e. The standard InChI is InChI=1S/C14H24N2O5S/c1-6-16(7-2)22(17,18)15-10-11-8-12(19-3)14(21-5)13(9-11)20-4/h8-9,15H,6-7,10H2,1-5H3. The largest absolute Gasteiger partial charge is 0.493 e. The third-order valence-corrected chi connectivity index (χ3v) is 4.93. The van der Waals surface area contributed by atoms with E-state index in [0.717, 1.165) is 0 Å². The van der Waals surface area contributed by atoms with Crippen molar-refractivity contribution >= 4 is 10.2 Å². The van der Waals surface area contributed by atoms with Gasteiger partial charge in [0, 0.05) is 19.6 Å². The van der Waals surface area contributed by atoms with Crippen LogP contribution < -0.4 is 18.9 Å². The Balaban J connectivity index is 3.00. The maximum atomic E-state index is 12.1. The molecule has 8 heteroatoms. The van der Waals surface area contributed by atoms with E-state index in [-0.39, 0.29) is 6.54 Å². The molecule has 0 bridgehead atoms. The highest BCUT2D eigenvalue weighted by Gasteiger charge is 2.19. The van der Waals surface area contributed by atoms with Gasteiger partial charge in [0.1, 0.15) is 0 Å². The Labute approximate surface area is 132 Å². The van der Waals surface area contributed by atoms with E-state index in [1.165, 1.54) is 25.6 Å². The number of hydrogen-bond donors (Lipinski definition) is 1. The predicted octanol–water partition coefficient (Wildman–Crippen LogP) is 1.39. The molecule has 0 amide bonds. The molecule has 0 aromatic heterocycles. The number of hydrogen-bond acceptors (Lipinski definition) is 5. The first-order valence-corrected chi connectivity index (χ1v) is 8.41. The minimum atomic E-state index is -3.51. The SMILES string of the molecule is CCN(CC)S(=O)(=O)NCc1cc(OC)c(OC)c(OC)c1. The zero-order chi connectivity index (χ0) is 16.8. The molecule has 1 aromatic carbocycles. The highest BCUT2D eigenvalue weighted by Crippen LogP contribution is 2.38. The minimum absolute atomic E-state index is 0.134. The van der Waals surface area contributed by atoms with E-state index in [1.807, 2.05) is 0 Å². The first-order chi connectivity index (χ1) is 10.4. The van der Waals surface area contributed by atoms with Crippen molar-refractivity contribution in [1.82, 2.24) is 9.03 Å². The van der Waals surface area contributed by atoms with Gasteiger partial charge in [-0.05, 0) is 17.7 Å². The monoisotopic (exact) mass is 332 g/mol. The van der Waals surface area contributed by atoms with E-state index < -0.39 is 10.2 Å². The average molecular weight is 332 g/mol. The van der Waals surface area contributed by atoms with Crippen molar-refractivity contribution in [3.63, 3.8) is 0 Å². The lowest BCUT2D eigenvalue weighted by molar-refractivity contribution is 0.323. The Hall–Kier alpha value is -1.51. The highest BCUT2D eigenvalue weighted by atomic mass is 32.2. The summed E-state index contributed by atoms with van der Waals surface area (Å²) in [5, 5.41) is 0. The Kier molecular flexibility index (Phi) is 6.92. The van der Waals surface area contributed by atoms with Crippen molar-refractivity contribution in [3.05, 3.63) is 17.7 Å². The van der Waals surface area contributed by atoms with E-state index in [1.54, 1.807) is 26.0 Å². The molecular formula is C14H24N2O5S. The maximum Gasteiger partial charge on any atom is 0.279 e. The van der Waals surface area contributed by atoms with Crippen LogP contribution in [0.2, 0.25) is 0 Å². The number of benzene rings is 1. The average Bonchev–Trinajstić information content (AvgIpc) is 2.52. The predicted molar refractivity (Wildman–Crippen MR) is 84.8 cm³/mol. The molecule has 126 valence electrons. The van der Waals surface area contributed by atoms with E-state index in [4.69, 9.17) is 14.2 Å². The topological polar surface area (TPSA) is 77.1 Å². The van der Waals surface area contributed by atoms with E-state index >= 15 is 0 Å². The van der Waals surface area contributed by atoms with Crippen LogP contribution in [0.4, 0.5) is 0 Å². The molecule has 0 spiro atoms. The molecule has 0 unspecified atom stereocenters. The number of nitrogens with zero attached hydrogens (tertiary/aromatic N) is 1. The molecule has 0 aliphatic carbocycles. The minimum Gasteiger partial charge on any atom is -0.493 e. The van der Waals surface area contributed by atoms with Crippen molar-refractivity contribution in [2.24, 2.45) is 0 Å². The summed E-state index contributed by atoms with van der Waals surface area (Å²) >= 11 is 0.